The summed E-state index contributed by atoms with van der Waals surface area (Å²) in [5, 5.41) is 3.83. The van der Waals surface area contributed by atoms with E-state index in [2.05, 4.69) is 5.32 Å². The van der Waals surface area contributed by atoms with Crippen LogP contribution in [0.1, 0.15) is 32.3 Å². The van der Waals surface area contributed by atoms with E-state index in [9.17, 15) is 18.0 Å². The first kappa shape index (κ1) is 27.0. The third-order valence-corrected chi connectivity index (χ3v) is 6.64. The van der Waals surface area contributed by atoms with E-state index >= 15 is 0 Å². The molecule has 1 atom stereocenters. The van der Waals surface area contributed by atoms with Gasteiger partial charge in [-0.1, -0.05) is 49.2 Å². The molecule has 0 heterocycles. The van der Waals surface area contributed by atoms with E-state index in [-0.39, 0.29) is 12.5 Å². The number of nitrogens with zero attached hydrogens (tertiary/aromatic N) is 2. The Bertz CT molecular complexity index is 1040. The van der Waals surface area contributed by atoms with Crippen molar-refractivity contribution in [2.24, 2.45) is 0 Å². The number of benzene rings is 2. The summed E-state index contributed by atoms with van der Waals surface area (Å²) < 4.78 is 26.0. The molecule has 1 N–H and O–H groups in total. The van der Waals surface area contributed by atoms with Crippen LogP contribution in [-0.4, -0.2) is 50.5 Å². The topological polar surface area (TPSA) is 86.8 Å². The zero-order valence-corrected chi connectivity index (χ0v) is 21.3. The van der Waals surface area contributed by atoms with E-state index in [0.717, 1.165) is 22.5 Å². The first-order valence-corrected chi connectivity index (χ1v) is 13.2. The second-order valence-electron chi connectivity index (χ2n) is 7.61. The van der Waals surface area contributed by atoms with Crippen LogP contribution in [0.15, 0.2) is 48.5 Å². The van der Waals surface area contributed by atoms with E-state index in [1.165, 1.54) is 17.0 Å². The van der Waals surface area contributed by atoms with E-state index in [1.807, 2.05) is 13.8 Å². The Hall–Kier alpha value is -2.29. The van der Waals surface area contributed by atoms with Gasteiger partial charge in [0.25, 0.3) is 0 Å². The summed E-state index contributed by atoms with van der Waals surface area (Å²) in [5.74, 6) is -0.775. The van der Waals surface area contributed by atoms with E-state index in [4.69, 9.17) is 23.2 Å². The lowest BCUT2D eigenvalue weighted by Crippen LogP contribution is -2.52. The Labute approximate surface area is 205 Å². The van der Waals surface area contributed by atoms with Crippen molar-refractivity contribution in [3.05, 3.63) is 64.1 Å². The van der Waals surface area contributed by atoms with Gasteiger partial charge in [0.05, 0.1) is 11.9 Å². The van der Waals surface area contributed by atoms with Crippen molar-refractivity contribution < 1.29 is 18.0 Å². The quantitative estimate of drug-likeness (QED) is 0.490. The molecule has 2 rings (SSSR count). The number of halogens is 2. The van der Waals surface area contributed by atoms with Gasteiger partial charge >= 0.3 is 0 Å². The molecule has 0 aliphatic carbocycles. The predicted octanol–water partition coefficient (Wildman–Crippen LogP) is 4.09. The van der Waals surface area contributed by atoms with Crippen LogP contribution in [0.2, 0.25) is 10.0 Å². The van der Waals surface area contributed by atoms with Crippen LogP contribution in [0.5, 0.6) is 0 Å². The first-order valence-electron chi connectivity index (χ1n) is 10.6. The normalized spacial score (nSPS) is 12.2. The van der Waals surface area contributed by atoms with Crippen LogP contribution in [0.3, 0.4) is 0 Å². The second kappa shape index (κ2) is 12.3. The van der Waals surface area contributed by atoms with Crippen molar-refractivity contribution in [1.29, 1.82) is 0 Å². The van der Waals surface area contributed by atoms with E-state index in [0.29, 0.717) is 28.7 Å². The van der Waals surface area contributed by atoms with Gasteiger partial charge in [-0.05, 0) is 54.8 Å². The molecule has 33 heavy (non-hydrogen) atoms. The fourth-order valence-corrected chi connectivity index (χ4v) is 4.39. The number of sulfonamides is 1. The molecule has 0 aliphatic rings. The number of hydrogen-bond acceptors (Lipinski definition) is 4. The molecule has 180 valence electrons. The number of amides is 2. The molecule has 7 nitrogen and oxygen atoms in total. The number of rotatable bonds is 11. The van der Waals surface area contributed by atoms with Gasteiger partial charge < -0.3 is 10.2 Å². The highest BCUT2D eigenvalue weighted by molar-refractivity contribution is 7.92. The van der Waals surface area contributed by atoms with Gasteiger partial charge in [0, 0.05) is 23.1 Å². The van der Waals surface area contributed by atoms with E-state index in [1.54, 1.807) is 36.4 Å². The van der Waals surface area contributed by atoms with Crippen LogP contribution >= 0.6 is 23.2 Å². The summed E-state index contributed by atoms with van der Waals surface area (Å²) in [6.07, 6.45) is 2.16. The molecule has 2 aromatic carbocycles. The molecule has 0 unspecified atom stereocenters. The smallest absolute Gasteiger partial charge is 0.244 e. The lowest BCUT2D eigenvalue weighted by molar-refractivity contribution is -0.140. The maximum Gasteiger partial charge on any atom is 0.244 e. The number of nitrogens with one attached hydrogen (secondary N) is 1. The summed E-state index contributed by atoms with van der Waals surface area (Å²) in [7, 11) is -3.78. The highest BCUT2D eigenvalue weighted by Crippen LogP contribution is 2.22. The fraction of sp³-hybridized carbons (Fsp3) is 0.391. The van der Waals surface area contributed by atoms with Gasteiger partial charge in [0.1, 0.15) is 12.6 Å². The largest absolute Gasteiger partial charge is 0.354 e. The zero-order chi connectivity index (χ0) is 24.6. The maximum absolute atomic E-state index is 13.5. The number of carbonyl (C=O) groups excluding carboxylic acids is 2. The lowest BCUT2D eigenvalue weighted by atomic mass is 10.1. The molecule has 0 bridgehead atoms. The minimum absolute atomic E-state index is 0.131. The van der Waals surface area contributed by atoms with Crippen molar-refractivity contribution in [1.82, 2.24) is 10.2 Å². The van der Waals surface area contributed by atoms with Crippen LogP contribution in [-0.2, 0) is 26.2 Å². The Morgan fingerprint density at radius 2 is 1.52 bits per heavy atom. The van der Waals surface area contributed by atoms with Gasteiger partial charge in [-0.2, -0.15) is 0 Å². The van der Waals surface area contributed by atoms with Gasteiger partial charge in [-0.25, -0.2) is 8.42 Å². The van der Waals surface area contributed by atoms with Crippen LogP contribution in [0, 0.1) is 0 Å². The maximum atomic E-state index is 13.5. The summed E-state index contributed by atoms with van der Waals surface area (Å²) in [6.45, 7) is 3.91. The minimum atomic E-state index is -3.78. The standard InChI is InChI=1S/C23H29Cl2N3O4S/c1-4-14-26-23(30)21(5-2)27(15-17-6-8-18(24)9-7-17)22(29)16-28(33(3,31)32)20-12-10-19(25)11-13-20/h6-13,21H,4-5,14-16H2,1-3H3,(H,26,30)/t21-/m0/s1. The van der Waals surface area contributed by atoms with Gasteiger partial charge in [0.2, 0.25) is 21.8 Å². The predicted molar refractivity (Wildman–Crippen MR) is 133 cm³/mol. The molecule has 2 amide bonds. The Kier molecular flexibility index (Phi) is 10.0. The van der Waals surface area contributed by atoms with Crippen molar-refractivity contribution in [2.45, 2.75) is 39.3 Å². The van der Waals surface area contributed by atoms with Crippen LogP contribution in [0.25, 0.3) is 0 Å². The number of carbonyl (C=O) groups is 2. The van der Waals surface area contributed by atoms with Gasteiger partial charge in [-0.15, -0.1) is 0 Å². The minimum Gasteiger partial charge on any atom is -0.354 e. The highest BCUT2D eigenvalue weighted by Gasteiger charge is 2.31. The molecule has 0 saturated carbocycles. The second-order valence-corrected chi connectivity index (χ2v) is 10.4. The molecule has 0 radical (unpaired) electrons. The Morgan fingerprint density at radius 1 is 0.970 bits per heavy atom. The monoisotopic (exact) mass is 513 g/mol. The summed E-state index contributed by atoms with van der Waals surface area (Å²) in [6, 6.07) is 12.4. The molecule has 0 aromatic heterocycles. The highest BCUT2D eigenvalue weighted by atomic mass is 35.5. The Morgan fingerprint density at radius 3 is 2.00 bits per heavy atom. The third-order valence-electron chi connectivity index (χ3n) is 5.00. The SMILES string of the molecule is CCCNC(=O)[C@H](CC)N(Cc1ccc(Cl)cc1)C(=O)CN(c1ccc(Cl)cc1)S(C)(=O)=O. The average molecular weight is 514 g/mol. The Balaban J connectivity index is 2.39. The summed E-state index contributed by atoms with van der Waals surface area (Å²) >= 11 is 11.9. The van der Waals surface area contributed by atoms with Gasteiger partial charge in [0.15, 0.2) is 0 Å². The molecular weight excluding hydrogens is 485 g/mol. The molecule has 0 fully saturated rings. The molecular formula is C23H29Cl2N3O4S. The van der Waals surface area contributed by atoms with Crippen LogP contribution < -0.4 is 9.62 Å². The van der Waals surface area contributed by atoms with Crippen molar-refractivity contribution in [3.8, 4) is 0 Å². The van der Waals surface area contributed by atoms with Crippen molar-refractivity contribution >= 4 is 50.7 Å². The molecule has 0 spiro atoms. The molecule has 2 aromatic rings. The van der Waals surface area contributed by atoms with Crippen molar-refractivity contribution in [3.63, 3.8) is 0 Å². The van der Waals surface area contributed by atoms with Crippen LogP contribution in [0.4, 0.5) is 5.69 Å². The average Bonchev–Trinajstić information content (AvgIpc) is 2.77. The zero-order valence-electron chi connectivity index (χ0n) is 18.9. The summed E-state index contributed by atoms with van der Waals surface area (Å²) in [4.78, 5) is 27.7. The molecule has 10 heteroatoms. The number of anilines is 1. The van der Waals surface area contributed by atoms with Crippen molar-refractivity contribution in [2.75, 3.05) is 23.7 Å². The first-order chi connectivity index (χ1) is 15.6. The van der Waals surface area contributed by atoms with E-state index < -0.39 is 28.5 Å². The lowest BCUT2D eigenvalue weighted by Gasteiger charge is -2.32. The summed E-state index contributed by atoms with van der Waals surface area (Å²) in [5.41, 5.74) is 1.08. The van der Waals surface area contributed by atoms with Gasteiger partial charge in [-0.3, -0.25) is 13.9 Å². The third kappa shape index (κ3) is 7.91. The number of hydrogen-bond donors (Lipinski definition) is 1. The molecule has 0 aliphatic heterocycles. The fourth-order valence-electron chi connectivity index (χ4n) is 3.29. The molecule has 0 saturated heterocycles.